The standard InChI is InChI=1S/C17H19N3O2/c1-13(21)20-16(15-7-3-2-4-8-15)10-17(22)19-12-14-6-5-9-18-11-14/h2-9,11,16H,10,12H2,1H3,(H,19,22)(H,20,21). The Morgan fingerprint density at radius 1 is 1.14 bits per heavy atom. The van der Waals surface area contributed by atoms with Crippen LogP contribution in [-0.2, 0) is 16.1 Å². The maximum absolute atomic E-state index is 12.1. The Labute approximate surface area is 129 Å². The minimum atomic E-state index is -0.326. The highest BCUT2D eigenvalue weighted by atomic mass is 16.2. The zero-order valence-electron chi connectivity index (χ0n) is 12.5. The van der Waals surface area contributed by atoms with E-state index in [-0.39, 0.29) is 24.3 Å². The fraction of sp³-hybridized carbons (Fsp3) is 0.235. The molecular formula is C17H19N3O2. The number of aromatic nitrogens is 1. The molecule has 0 radical (unpaired) electrons. The van der Waals surface area contributed by atoms with Gasteiger partial charge in [0.25, 0.3) is 0 Å². The zero-order valence-corrected chi connectivity index (χ0v) is 12.5. The van der Waals surface area contributed by atoms with E-state index in [0.717, 1.165) is 11.1 Å². The number of hydrogen-bond donors (Lipinski definition) is 2. The molecule has 0 fully saturated rings. The summed E-state index contributed by atoms with van der Waals surface area (Å²) in [6.45, 7) is 1.87. The third-order valence-corrected chi connectivity index (χ3v) is 3.18. The van der Waals surface area contributed by atoms with Crippen LogP contribution < -0.4 is 10.6 Å². The second-order valence-corrected chi connectivity index (χ2v) is 5.01. The number of pyridine rings is 1. The maximum atomic E-state index is 12.1. The molecule has 0 saturated carbocycles. The molecule has 2 N–H and O–H groups in total. The Bertz CT molecular complexity index is 614. The van der Waals surface area contributed by atoms with Gasteiger partial charge in [-0.3, -0.25) is 14.6 Å². The van der Waals surface area contributed by atoms with E-state index in [2.05, 4.69) is 15.6 Å². The Morgan fingerprint density at radius 2 is 1.91 bits per heavy atom. The molecule has 0 spiro atoms. The van der Waals surface area contributed by atoms with Gasteiger partial charge >= 0.3 is 0 Å². The van der Waals surface area contributed by atoms with Gasteiger partial charge in [-0.15, -0.1) is 0 Å². The molecule has 2 rings (SSSR count). The number of hydrogen-bond acceptors (Lipinski definition) is 3. The van der Waals surface area contributed by atoms with Gasteiger partial charge in [-0.25, -0.2) is 0 Å². The lowest BCUT2D eigenvalue weighted by Gasteiger charge is -2.18. The summed E-state index contributed by atoms with van der Waals surface area (Å²) in [6.07, 6.45) is 3.60. The lowest BCUT2D eigenvalue weighted by molar-refractivity contribution is -0.122. The molecule has 0 bridgehead atoms. The first kappa shape index (κ1) is 15.7. The van der Waals surface area contributed by atoms with Gasteiger partial charge in [0.2, 0.25) is 11.8 Å². The van der Waals surface area contributed by atoms with Crippen LogP contribution in [0.5, 0.6) is 0 Å². The molecule has 5 nitrogen and oxygen atoms in total. The minimum absolute atomic E-state index is 0.119. The minimum Gasteiger partial charge on any atom is -0.352 e. The molecule has 22 heavy (non-hydrogen) atoms. The first-order chi connectivity index (χ1) is 10.6. The first-order valence-corrected chi connectivity index (χ1v) is 7.13. The predicted molar refractivity (Wildman–Crippen MR) is 83.7 cm³/mol. The Hall–Kier alpha value is -2.69. The van der Waals surface area contributed by atoms with Gasteiger partial charge in [0.15, 0.2) is 0 Å². The summed E-state index contributed by atoms with van der Waals surface area (Å²) in [6, 6.07) is 12.9. The fourth-order valence-corrected chi connectivity index (χ4v) is 2.14. The van der Waals surface area contributed by atoms with Crippen molar-refractivity contribution in [3.8, 4) is 0 Å². The van der Waals surface area contributed by atoms with Crippen LogP contribution in [0.3, 0.4) is 0 Å². The lowest BCUT2D eigenvalue weighted by atomic mass is 10.0. The molecule has 1 atom stereocenters. The van der Waals surface area contributed by atoms with Crippen LogP contribution >= 0.6 is 0 Å². The number of benzene rings is 1. The summed E-state index contributed by atoms with van der Waals surface area (Å²) >= 11 is 0. The van der Waals surface area contributed by atoms with Crippen LogP contribution in [-0.4, -0.2) is 16.8 Å². The quantitative estimate of drug-likeness (QED) is 0.856. The molecule has 0 aliphatic rings. The Balaban J connectivity index is 1.95. The summed E-state index contributed by atoms with van der Waals surface area (Å²) in [5.74, 6) is -0.277. The fourth-order valence-electron chi connectivity index (χ4n) is 2.14. The Kier molecular flexibility index (Phi) is 5.65. The van der Waals surface area contributed by atoms with E-state index >= 15 is 0 Å². The lowest BCUT2D eigenvalue weighted by Crippen LogP contribution is -2.32. The number of nitrogens with one attached hydrogen (secondary N) is 2. The van der Waals surface area contributed by atoms with Gasteiger partial charge < -0.3 is 10.6 Å². The Morgan fingerprint density at radius 3 is 2.55 bits per heavy atom. The van der Waals surface area contributed by atoms with Gasteiger partial charge in [-0.1, -0.05) is 36.4 Å². The molecule has 0 aliphatic heterocycles. The normalized spacial score (nSPS) is 11.5. The average molecular weight is 297 g/mol. The molecule has 5 heteroatoms. The van der Waals surface area contributed by atoms with Gasteiger partial charge in [0.05, 0.1) is 12.5 Å². The molecule has 0 aliphatic carbocycles. The van der Waals surface area contributed by atoms with Crippen LogP contribution in [0.1, 0.15) is 30.5 Å². The third kappa shape index (κ3) is 5.01. The maximum Gasteiger partial charge on any atom is 0.222 e. The molecule has 1 aromatic heterocycles. The second kappa shape index (κ2) is 7.93. The van der Waals surface area contributed by atoms with Crippen LogP contribution in [0.25, 0.3) is 0 Å². The van der Waals surface area contributed by atoms with Crippen LogP contribution in [0.4, 0.5) is 0 Å². The molecular weight excluding hydrogens is 278 g/mol. The van der Waals surface area contributed by atoms with Crippen molar-refractivity contribution < 1.29 is 9.59 Å². The van der Waals surface area contributed by atoms with E-state index in [1.165, 1.54) is 6.92 Å². The van der Waals surface area contributed by atoms with Crippen molar-refractivity contribution in [3.63, 3.8) is 0 Å². The van der Waals surface area contributed by atoms with E-state index < -0.39 is 0 Å². The predicted octanol–water partition coefficient (Wildman–Crippen LogP) is 1.97. The van der Waals surface area contributed by atoms with E-state index in [0.29, 0.717) is 6.54 Å². The SMILES string of the molecule is CC(=O)NC(CC(=O)NCc1cccnc1)c1ccccc1. The van der Waals surface area contributed by atoms with Gasteiger partial charge in [-0.2, -0.15) is 0 Å². The number of rotatable bonds is 6. The highest BCUT2D eigenvalue weighted by Gasteiger charge is 2.16. The topological polar surface area (TPSA) is 71.1 Å². The number of nitrogens with zero attached hydrogens (tertiary/aromatic N) is 1. The molecule has 2 amide bonds. The van der Waals surface area contributed by atoms with Crippen molar-refractivity contribution in [1.29, 1.82) is 0 Å². The van der Waals surface area contributed by atoms with E-state index in [1.807, 2.05) is 42.5 Å². The highest BCUT2D eigenvalue weighted by molar-refractivity contribution is 5.79. The van der Waals surface area contributed by atoms with Crippen molar-refractivity contribution in [3.05, 3.63) is 66.0 Å². The third-order valence-electron chi connectivity index (χ3n) is 3.18. The summed E-state index contributed by atoms with van der Waals surface area (Å²) in [4.78, 5) is 27.4. The largest absolute Gasteiger partial charge is 0.352 e. The second-order valence-electron chi connectivity index (χ2n) is 5.01. The van der Waals surface area contributed by atoms with Crippen LogP contribution in [0, 0.1) is 0 Å². The zero-order chi connectivity index (χ0) is 15.8. The van der Waals surface area contributed by atoms with Crippen molar-refractivity contribution in [2.45, 2.75) is 25.9 Å². The summed E-state index contributed by atoms with van der Waals surface area (Å²) in [5.41, 5.74) is 1.85. The number of amides is 2. The number of carbonyl (C=O) groups excluding carboxylic acids is 2. The van der Waals surface area contributed by atoms with Crippen molar-refractivity contribution in [2.24, 2.45) is 0 Å². The molecule has 1 aromatic carbocycles. The number of carbonyl (C=O) groups is 2. The molecule has 2 aromatic rings. The van der Waals surface area contributed by atoms with Crippen molar-refractivity contribution in [2.75, 3.05) is 0 Å². The molecule has 0 saturated heterocycles. The average Bonchev–Trinajstić information content (AvgIpc) is 2.54. The van der Waals surface area contributed by atoms with Crippen molar-refractivity contribution in [1.82, 2.24) is 15.6 Å². The van der Waals surface area contributed by atoms with Crippen LogP contribution in [0.15, 0.2) is 54.9 Å². The monoisotopic (exact) mass is 297 g/mol. The van der Waals surface area contributed by atoms with Gasteiger partial charge in [0.1, 0.15) is 0 Å². The van der Waals surface area contributed by atoms with E-state index in [9.17, 15) is 9.59 Å². The molecule has 1 heterocycles. The summed E-state index contributed by atoms with van der Waals surface area (Å²) in [7, 11) is 0. The first-order valence-electron chi connectivity index (χ1n) is 7.13. The van der Waals surface area contributed by atoms with Gasteiger partial charge in [0, 0.05) is 25.9 Å². The molecule has 114 valence electrons. The highest BCUT2D eigenvalue weighted by Crippen LogP contribution is 2.16. The summed E-state index contributed by atoms with van der Waals surface area (Å²) in [5, 5.41) is 5.66. The van der Waals surface area contributed by atoms with E-state index in [4.69, 9.17) is 0 Å². The van der Waals surface area contributed by atoms with Crippen molar-refractivity contribution >= 4 is 11.8 Å². The van der Waals surface area contributed by atoms with Crippen LogP contribution in [0.2, 0.25) is 0 Å². The molecule has 1 unspecified atom stereocenters. The summed E-state index contributed by atoms with van der Waals surface area (Å²) < 4.78 is 0. The van der Waals surface area contributed by atoms with E-state index in [1.54, 1.807) is 12.4 Å². The van der Waals surface area contributed by atoms with Gasteiger partial charge in [-0.05, 0) is 17.2 Å². The smallest absolute Gasteiger partial charge is 0.222 e.